The summed E-state index contributed by atoms with van der Waals surface area (Å²) in [6.07, 6.45) is 6.07. The molecule has 0 bridgehead atoms. The molecule has 1 aromatic carbocycles. The lowest BCUT2D eigenvalue weighted by molar-refractivity contribution is -0.282. The molecule has 5 fully saturated rings. The maximum absolute atomic E-state index is 12.8. The van der Waals surface area contributed by atoms with Crippen molar-refractivity contribution in [3.8, 4) is 0 Å². The number of benzene rings is 1. The molecule has 6 rings (SSSR count). The largest absolute Gasteiger partial charge is 0.481 e. The number of esters is 1. The minimum absolute atomic E-state index is 0.0152. The van der Waals surface area contributed by atoms with Crippen LogP contribution in [0.25, 0.3) is 0 Å². The smallest absolute Gasteiger partial charge is 0.338 e. The first kappa shape index (κ1) is 29.1. The average molecular weight is 570 g/mol. The molecule has 8 heteroatoms. The first-order chi connectivity index (χ1) is 19.5. The highest BCUT2D eigenvalue weighted by Gasteiger charge is 2.67. The molecule has 1 heterocycles. The van der Waals surface area contributed by atoms with Crippen LogP contribution in [0.1, 0.15) is 95.3 Å². The Labute approximate surface area is 243 Å². The van der Waals surface area contributed by atoms with Crippen LogP contribution in [0.5, 0.6) is 0 Å². The van der Waals surface area contributed by atoms with Crippen molar-refractivity contribution in [3.63, 3.8) is 0 Å². The van der Waals surface area contributed by atoms with Gasteiger partial charge in [-0.3, -0.25) is 4.79 Å². The molecule has 4 saturated carbocycles. The minimum Gasteiger partial charge on any atom is -0.481 e. The van der Waals surface area contributed by atoms with Gasteiger partial charge in [0.25, 0.3) is 0 Å². The number of aliphatic hydroxyl groups is 1. The van der Waals surface area contributed by atoms with Gasteiger partial charge in [-0.25, -0.2) is 4.79 Å². The third-order valence-corrected chi connectivity index (χ3v) is 12.5. The van der Waals surface area contributed by atoms with Crippen molar-refractivity contribution < 1.29 is 34.0 Å². The summed E-state index contributed by atoms with van der Waals surface area (Å²) in [6, 6.07) is 8.87. The summed E-state index contributed by atoms with van der Waals surface area (Å²) in [6.45, 7) is 6.42. The Morgan fingerprint density at radius 2 is 1.73 bits per heavy atom. The Balaban J connectivity index is 1.14. The van der Waals surface area contributed by atoms with E-state index in [4.69, 9.17) is 19.9 Å². The Kier molecular flexibility index (Phi) is 7.53. The first-order valence-corrected chi connectivity index (χ1v) is 15.7. The molecule has 226 valence electrons. The first-order valence-electron chi connectivity index (χ1n) is 15.7. The summed E-state index contributed by atoms with van der Waals surface area (Å²) in [5, 5.41) is 20.5. The van der Waals surface area contributed by atoms with Crippen LogP contribution < -0.4 is 5.73 Å². The fourth-order valence-electron chi connectivity index (χ4n) is 9.93. The number of hydrogen-bond acceptors (Lipinski definition) is 7. The zero-order valence-corrected chi connectivity index (χ0v) is 24.7. The van der Waals surface area contributed by atoms with Gasteiger partial charge in [-0.1, -0.05) is 32.0 Å². The number of fused-ring (bicyclic) bond motifs is 5. The molecule has 0 aromatic heterocycles. The lowest BCUT2D eigenvalue weighted by atomic mass is 9.42. The van der Waals surface area contributed by atoms with Crippen molar-refractivity contribution in [2.75, 3.05) is 0 Å². The van der Waals surface area contributed by atoms with E-state index in [0.29, 0.717) is 29.7 Å². The number of hydrogen-bond donors (Lipinski definition) is 3. The SMILES string of the molecule is C[C@@H]1O[C@@H](O[C@H]2CC[C@@]3(C)[C@H](CC[C@@H]4[C@@H]3CC[C@]3(C)[C@@H](C(=O)O)CC[C@]43N)C2)[C@H](OC(=O)c2ccccc2)C[C@H]1O. The van der Waals surface area contributed by atoms with Gasteiger partial charge in [0.1, 0.15) is 0 Å². The molecule has 0 radical (unpaired) electrons. The Morgan fingerprint density at radius 3 is 2.46 bits per heavy atom. The number of aliphatic carboxylic acids is 1. The van der Waals surface area contributed by atoms with Crippen molar-refractivity contribution in [1.82, 2.24) is 0 Å². The van der Waals surface area contributed by atoms with Crippen LogP contribution in [0.2, 0.25) is 0 Å². The van der Waals surface area contributed by atoms with E-state index >= 15 is 0 Å². The molecule has 1 aromatic rings. The molecule has 4 N–H and O–H groups in total. The quantitative estimate of drug-likeness (QED) is 0.337. The predicted molar refractivity (Wildman–Crippen MR) is 152 cm³/mol. The van der Waals surface area contributed by atoms with Crippen LogP contribution in [0.3, 0.4) is 0 Å². The van der Waals surface area contributed by atoms with Gasteiger partial charge in [0.15, 0.2) is 12.4 Å². The second kappa shape index (κ2) is 10.6. The third-order valence-electron chi connectivity index (χ3n) is 12.5. The number of carboxylic acids is 1. The van der Waals surface area contributed by atoms with E-state index in [1.807, 2.05) is 13.0 Å². The van der Waals surface area contributed by atoms with Gasteiger partial charge in [-0.2, -0.15) is 0 Å². The zero-order valence-electron chi connectivity index (χ0n) is 24.7. The molecule has 0 spiro atoms. The molecule has 0 amide bonds. The van der Waals surface area contributed by atoms with Gasteiger partial charge in [0, 0.05) is 12.0 Å². The molecular weight excluding hydrogens is 522 g/mol. The second-order valence-electron chi connectivity index (χ2n) is 14.3. The van der Waals surface area contributed by atoms with Gasteiger partial charge in [0.05, 0.1) is 29.8 Å². The molecule has 5 aliphatic rings. The monoisotopic (exact) mass is 569 g/mol. The Morgan fingerprint density at radius 1 is 0.976 bits per heavy atom. The number of carboxylic acid groups (broad SMARTS) is 1. The number of ether oxygens (including phenoxy) is 3. The van der Waals surface area contributed by atoms with Crippen molar-refractivity contribution in [2.45, 2.75) is 121 Å². The topological polar surface area (TPSA) is 128 Å². The Bertz CT molecular complexity index is 1150. The third kappa shape index (κ3) is 4.73. The maximum Gasteiger partial charge on any atom is 0.338 e. The molecule has 1 saturated heterocycles. The fraction of sp³-hybridized carbons (Fsp3) is 0.758. The van der Waals surface area contributed by atoms with E-state index in [2.05, 4.69) is 13.8 Å². The summed E-state index contributed by atoms with van der Waals surface area (Å²) in [7, 11) is 0. The van der Waals surface area contributed by atoms with Crippen LogP contribution >= 0.6 is 0 Å². The van der Waals surface area contributed by atoms with Crippen LogP contribution in [0.15, 0.2) is 30.3 Å². The number of carbonyl (C=O) groups is 2. The summed E-state index contributed by atoms with van der Waals surface area (Å²) in [5.74, 6) is -0.132. The molecule has 41 heavy (non-hydrogen) atoms. The van der Waals surface area contributed by atoms with Gasteiger partial charge >= 0.3 is 11.9 Å². The zero-order chi connectivity index (χ0) is 29.2. The van der Waals surface area contributed by atoms with E-state index in [-0.39, 0.29) is 29.3 Å². The Hall–Kier alpha value is -2.00. The normalized spacial score (nSPS) is 47.5. The van der Waals surface area contributed by atoms with Crippen molar-refractivity contribution in [2.24, 2.45) is 40.2 Å². The molecule has 8 nitrogen and oxygen atoms in total. The molecular formula is C33H47NO7. The van der Waals surface area contributed by atoms with Crippen LogP contribution in [-0.2, 0) is 19.0 Å². The van der Waals surface area contributed by atoms with Crippen LogP contribution in [-0.4, -0.2) is 58.4 Å². The molecule has 0 unspecified atom stereocenters. The summed E-state index contributed by atoms with van der Waals surface area (Å²) >= 11 is 0. The standard InChI is InChI=1S/C33H47NO7/c1-19-26(35)18-27(41-29(38)20-7-5-4-6-8-20)30(39-19)40-22-11-14-31(2)21(17-22)9-10-24-23(31)12-15-32(3)25(28(36)37)13-16-33(24,32)34/h4-8,19,21-27,30,35H,9-18,34H2,1-3H3,(H,36,37)/t19-,21+,22-,23-,24+,25+,26+,27+,30-,31-,32+,33-/m0/s1. The van der Waals surface area contributed by atoms with E-state index in [9.17, 15) is 19.8 Å². The van der Waals surface area contributed by atoms with E-state index in [1.54, 1.807) is 24.3 Å². The molecule has 1 aliphatic heterocycles. The van der Waals surface area contributed by atoms with Crippen LogP contribution in [0.4, 0.5) is 0 Å². The molecule has 4 aliphatic carbocycles. The number of aliphatic hydroxyl groups excluding tert-OH is 1. The molecule has 12 atom stereocenters. The summed E-state index contributed by atoms with van der Waals surface area (Å²) in [5.41, 5.74) is 7.12. The van der Waals surface area contributed by atoms with Crippen molar-refractivity contribution in [1.29, 1.82) is 0 Å². The lowest BCUT2D eigenvalue weighted by Crippen LogP contribution is -2.66. The van der Waals surface area contributed by atoms with E-state index < -0.39 is 42.1 Å². The second-order valence-corrected chi connectivity index (χ2v) is 14.3. The van der Waals surface area contributed by atoms with Gasteiger partial charge in [-0.05, 0) is 105 Å². The van der Waals surface area contributed by atoms with E-state index in [1.165, 1.54) is 0 Å². The van der Waals surface area contributed by atoms with Crippen molar-refractivity contribution in [3.05, 3.63) is 35.9 Å². The van der Waals surface area contributed by atoms with Gasteiger partial charge in [0.2, 0.25) is 0 Å². The average Bonchev–Trinajstić information content (AvgIpc) is 3.23. The highest BCUT2D eigenvalue weighted by atomic mass is 16.7. The van der Waals surface area contributed by atoms with Crippen LogP contribution in [0, 0.1) is 34.5 Å². The minimum atomic E-state index is -0.731. The van der Waals surface area contributed by atoms with Gasteiger partial charge < -0.3 is 30.2 Å². The summed E-state index contributed by atoms with van der Waals surface area (Å²) < 4.78 is 18.5. The fourth-order valence-corrected chi connectivity index (χ4v) is 9.93. The predicted octanol–water partition coefficient (Wildman–Crippen LogP) is 4.92. The maximum atomic E-state index is 12.8. The van der Waals surface area contributed by atoms with E-state index in [0.717, 1.165) is 51.4 Å². The van der Waals surface area contributed by atoms with Gasteiger partial charge in [-0.15, -0.1) is 0 Å². The lowest BCUT2D eigenvalue weighted by Gasteiger charge is -2.64. The van der Waals surface area contributed by atoms with Crippen molar-refractivity contribution >= 4 is 11.9 Å². The highest BCUT2D eigenvalue weighted by Crippen LogP contribution is 2.68. The number of carbonyl (C=O) groups excluding carboxylic acids is 1. The number of rotatable bonds is 5. The summed E-state index contributed by atoms with van der Waals surface area (Å²) in [4.78, 5) is 25.0. The number of nitrogens with two attached hydrogens (primary N) is 1. The highest BCUT2D eigenvalue weighted by molar-refractivity contribution is 5.89.